The van der Waals surface area contributed by atoms with Crippen LogP contribution in [-0.4, -0.2) is 30.4 Å². The fraction of sp³-hybridized carbons (Fsp3) is 0. The van der Waals surface area contributed by atoms with E-state index in [9.17, 15) is 23.1 Å². The summed E-state index contributed by atoms with van der Waals surface area (Å²) < 4.78 is 28.7. The van der Waals surface area contributed by atoms with Gasteiger partial charge < -0.3 is 16.2 Å². The van der Waals surface area contributed by atoms with Crippen LogP contribution in [0, 0.1) is 0 Å². The Hall–Kier alpha value is -4.28. The van der Waals surface area contributed by atoms with E-state index in [-0.39, 0.29) is 32.4 Å². The van der Waals surface area contributed by atoms with Crippen molar-refractivity contribution in [1.82, 2.24) is 0 Å². The number of aromatic carboxylic acids is 1. The Bertz CT molecular complexity index is 1580. The molecule has 0 aliphatic carbocycles. The van der Waals surface area contributed by atoms with Crippen LogP contribution in [0.5, 0.6) is 0 Å². The lowest BCUT2D eigenvalue weighted by Crippen LogP contribution is -2.18. The molecule has 1 amide bonds. The molecule has 35 heavy (non-hydrogen) atoms. The highest BCUT2D eigenvalue weighted by Gasteiger charge is 2.19. The predicted molar refractivity (Wildman–Crippen MR) is 138 cm³/mol. The molecule has 176 valence electrons. The van der Waals surface area contributed by atoms with Crippen LogP contribution in [0.2, 0.25) is 0 Å². The predicted octanol–water partition coefficient (Wildman–Crippen LogP) is 4.23. The van der Waals surface area contributed by atoms with Gasteiger partial charge in [0.2, 0.25) is 0 Å². The second-order valence-electron chi connectivity index (χ2n) is 7.58. The average Bonchev–Trinajstić information content (AvgIpc) is 2.84. The van der Waals surface area contributed by atoms with Gasteiger partial charge in [-0.25, -0.2) is 13.2 Å². The first-order valence-corrected chi connectivity index (χ1v) is 12.1. The van der Waals surface area contributed by atoms with Gasteiger partial charge in [-0.1, -0.05) is 54.7 Å². The number of carbonyl (C=O) groups is 2. The van der Waals surface area contributed by atoms with Crippen molar-refractivity contribution >= 4 is 61.3 Å². The number of sulfonamides is 1. The summed E-state index contributed by atoms with van der Waals surface area (Å²) in [6.45, 7) is 0. The Morgan fingerprint density at radius 3 is 2.06 bits per heavy atom. The standard InChI is InChI=1S/C25H19N3O5S2/c26-23(34)16-5-7-17(8-6-16)24(29)27-21-12-10-19(25(30)31)14-22(21)28-35(32,33)20-11-9-15-3-1-2-4-18(15)13-20/h1-14,28H,(H2,26,34)(H,27,29)(H,30,31). The molecule has 4 rings (SSSR count). The number of hydrogen-bond acceptors (Lipinski definition) is 5. The number of carbonyl (C=O) groups excluding carboxylic acids is 1. The van der Waals surface area contributed by atoms with Crippen LogP contribution in [0.1, 0.15) is 26.3 Å². The SMILES string of the molecule is NC(=S)c1ccc(C(=O)Nc2ccc(C(=O)O)cc2NS(=O)(=O)c2ccc3ccccc3c2)cc1. The third-order valence-electron chi connectivity index (χ3n) is 5.22. The zero-order valence-electron chi connectivity index (χ0n) is 18.1. The van der Waals surface area contributed by atoms with Crippen molar-refractivity contribution in [1.29, 1.82) is 0 Å². The highest BCUT2D eigenvalue weighted by molar-refractivity contribution is 7.92. The molecule has 4 aromatic carbocycles. The molecule has 10 heteroatoms. The summed E-state index contributed by atoms with van der Waals surface area (Å²) in [5.41, 5.74) is 6.28. The Morgan fingerprint density at radius 1 is 0.771 bits per heavy atom. The zero-order valence-corrected chi connectivity index (χ0v) is 19.7. The van der Waals surface area contributed by atoms with E-state index in [4.69, 9.17) is 18.0 Å². The van der Waals surface area contributed by atoms with Gasteiger partial charge in [0.15, 0.2) is 0 Å². The molecular weight excluding hydrogens is 486 g/mol. The summed E-state index contributed by atoms with van der Waals surface area (Å²) in [4.78, 5) is 24.4. The number of fused-ring (bicyclic) bond motifs is 1. The minimum absolute atomic E-state index is 0.0115. The summed E-state index contributed by atoms with van der Waals surface area (Å²) in [6, 6.07) is 21.9. The van der Waals surface area contributed by atoms with Crippen LogP contribution < -0.4 is 15.8 Å². The normalized spacial score (nSPS) is 11.1. The van der Waals surface area contributed by atoms with Crippen molar-refractivity contribution in [2.45, 2.75) is 4.90 Å². The molecule has 0 saturated heterocycles. The van der Waals surface area contributed by atoms with E-state index in [0.717, 1.165) is 16.8 Å². The summed E-state index contributed by atoms with van der Waals surface area (Å²) in [5, 5.41) is 13.6. The maximum absolute atomic E-state index is 13.1. The minimum Gasteiger partial charge on any atom is -0.478 e. The van der Waals surface area contributed by atoms with Crippen LogP contribution in [0.4, 0.5) is 11.4 Å². The average molecular weight is 506 g/mol. The number of rotatable bonds is 7. The van der Waals surface area contributed by atoms with E-state index in [2.05, 4.69) is 10.0 Å². The molecule has 8 nitrogen and oxygen atoms in total. The highest BCUT2D eigenvalue weighted by Crippen LogP contribution is 2.28. The lowest BCUT2D eigenvalue weighted by atomic mass is 10.1. The van der Waals surface area contributed by atoms with Crippen LogP contribution in [0.25, 0.3) is 10.8 Å². The Kier molecular flexibility index (Phi) is 6.50. The second kappa shape index (κ2) is 9.53. The first kappa shape index (κ1) is 23.9. The molecule has 0 aliphatic heterocycles. The molecule has 0 fully saturated rings. The van der Waals surface area contributed by atoms with Gasteiger partial charge in [0.25, 0.3) is 15.9 Å². The van der Waals surface area contributed by atoms with Crippen LogP contribution in [0.15, 0.2) is 89.8 Å². The minimum atomic E-state index is -4.11. The maximum atomic E-state index is 13.1. The lowest BCUT2D eigenvalue weighted by Gasteiger charge is -2.15. The van der Waals surface area contributed by atoms with Gasteiger partial charge in [0.1, 0.15) is 4.99 Å². The first-order valence-electron chi connectivity index (χ1n) is 10.2. The Morgan fingerprint density at radius 2 is 1.40 bits per heavy atom. The summed E-state index contributed by atoms with van der Waals surface area (Å²) >= 11 is 4.91. The summed E-state index contributed by atoms with van der Waals surface area (Å²) in [6.07, 6.45) is 0. The molecule has 4 aromatic rings. The molecule has 0 aromatic heterocycles. The molecule has 0 bridgehead atoms. The van der Waals surface area contributed by atoms with Crippen molar-refractivity contribution in [3.05, 3.63) is 102 Å². The van der Waals surface area contributed by atoms with E-state index >= 15 is 0 Å². The number of benzene rings is 4. The number of amides is 1. The van der Waals surface area contributed by atoms with Gasteiger partial charge in [-0.15, -0.1) is 0 Å². The number of carboxylic acid groups (broad SMARTS) is 1. The molecule has 0 aliphatic rings. The number of carboxylic acids is 1. The van der Waals surface area contributed by atoms with Gasteiger partial charge >= 0.3 is 5.97 Å². The first-order chi connectivity index (χ1) is 16.6. The van der Waals surface area contributed by atoms with Crippen molar-refractivity contribution in [2.75, 3.05) is 10.0 Å². The largest absolute Gasteiger partial charge is 0.478 e. The maximum Gasteiger partial charge on any atom is 0.335 e. The third-order valence-corrected chi connectivity index (χ3v) is 6.82. The van der Waals surface area contributed by atoms with Crippen LogP contribution in [0.3, 0.4) is 0 Å². The lowest BCUT2D eigenvalue weighted by molar-refractivity contribution is 0.0696. The third kappa shape index (κ3) is 5.29. The smallest absolute Gasteiger partial charge is 0.335 e. The molecule has 0 atom stereocenters. The molecule has 0 heterocycles. The Balaban J connectivity index is 1.67. The van der Waals surface area contributed by atoms with Gasteiger partial charge in [-0.05, 0) is 53.2 Å². The summed E-state index contributed by atoms with van der Waals surface area (Å²) in [7, 11) is -4.11. The molecule has 0 unspecified atom stereocenters. The fourth-order valence-corrected chi connectivity index (χ4v) is 4.63. The van der Waals surface area contributed by atoms with Gasteiger partial charge in [0.05, 0.1) is 21.8 Å². The molecule has 0 saturated carbocycles. The van der Waals surface area contributed by atoms with Crippen molar-refractivity contribution < 1.29 is 23.1 Å². The topological polar surface area (TPSA) is 139 Å². The number of thiocarbonyl (C=S) groups is 1. The summed E-state index contributed by atoms with van der Waals surface area (Å²) in [5.74, 6) is -1.78. The number of anilines is 2. The molecule has 0 radical (unpaired) electrons. The second-order valence-corrected chi connectivity index (χ2v) is 9.70. The van der Waals surface area contributed by atoms with Crippen LogP contribution >= 0.6 is 12.2 Å². The Labute approximate surface area is 206 Å². The monoisotopic (exact) mass is 505 g/mol. The van der Waals surface area contributed by atoms with Crippen molar-refractivity contribution in [2.24, 2.45) is 5.73 Å². The van der Waals surface area contributed by atoms with E-state index < -0.39 is 21.9 Å². The van der Waals surface area contributed by atoms with E-state index in [0.29, 0.717) is 5.56 Å². The van der Waals surface area contributed by atoms with Gasteiger partial charge in [0, 0.05) is 11.1 Å². The number of hydrogen-bond donors (Lipinski definition) is 4. The van der Waals surface area contributed by atoms with E-state index in [1.54, 1.807) is 30.3 Å². The molecular formula is C25H19N3O5S2. The van der Waals surface area contributed by atoms with Crippen molar-refractivity contribution in [3.8, 4) is 0 Å². The number of nitrogens with one attached hydrogen (secondary N) is 2. The molecule has 5 N–H and O–H groups in total. The van der Waals surface area contributed by atoms with E-state index in [1.165, 1.54) is 36.4 Å². The fourth-order valence-electron chi connectivity index (χ4n) is 3.39. The number of nitrogens with two attached hydrogens (primary N) is 1. The van der Waals surface area contributed by atoms with Crippen LogP contribution in [-0.2, 0) is 10.0 Å². The molecule has 0 spiro atoms. The van der Waals surface area contributed by atoms with E-state index in [1.807, 2.05) is 12.1 Å². The van der Waals surface area contributed by atoms with Gasteiger partial charge in [-0.2, -0.15) is 0 Å². The quantitative estimate of drug-likeness (QED) is 0.276. The highest BCUT2D eigenvalue weighted by atomic mass is 32.2. The van der Waals surface area contributed by atoms with Gasteiger partial charge in [-0.3, -0.25) is 9.52 Å². The zero-order chi connectivity index (χ0) is 25.2. The van der Waals surface area contributed by atoms with Crippen molar-refractivity contribution in [3.63, 3.8) is 0 Å².